The van der Waals surface area contributed by atoms with E-state index in [1.54, 1.807) is 0 Å². The summed E-state index contributed by atoms with van der Waals surface area (Å²) in [6, 6.07) is 8.69. The number of hydrogen-bond donors (Lipinski definition) is 1. The number of carbonyl (C=O) groups is 1. The van der Waals surface area contributed by atoms with Crippen molar-refractivity contribution in [3.63, 3.8) is 0 Å². The average Bonchev–Trinajstić information content (AvgIpc) is 3.22. The van der Waals surface area contributed by atoms with Crippen LogP contribution in [0.25, 0.3) is 0 Å². The van der Waals surface area contributed by atoms with Crippen molar-refractivity contribution in [3.8, 4) is 0 Å². The van der Waals surface area contributed by atoms with Gasteiger partial charge in [-0.15, -0.1) is 0 Å². The Morgan fingerprint density at radius 2 is 2.04 bits per heavy atom. The van der Waals surface area contributed by atoms with E-state index in [9.17, 15) is 18.0 Å². The summed E-state index contributed by atoms with van der Waals surface area (Å²) in [7, 11) is 0. The number of oxime groups is 1. The monoisotopic (exact) mass is 366 g/mol. The van der Waals surface area contributed by atoms with Gasteiger partial charge in [0.15, 0.2) is 5.69 Å². The molecular formula is C17H17F3N4O2. The summed E-state index contributed by atoms with van der Waals surface area (Å²) in [5, 5.41) is 9.99. The van der Waals surface area contributed by atoms with E-state index in [-0.39, 0.29) is 19.2 Å². The van der Waals surface area contributed by atoms with Crippen LogP contribution in [0.15, 0.2) is 41.7 Å². The van der Waals surface area contributed by atoms with E-state index in [2.05, 4.69) is 15.6 Å². The molecule has 0 aliphatic carbocycles. The smallest absolute Gasteiger partial charge is 0.390 e. The average molecular weight is 366 g/mol. The fourth-order valence-electron chi connectivity index (χ4n) is 2.49. The van der Waals surface area contributed by atoms with Crippen LogP contribution in [0.2, 0.25) is 0 Å². The number of rotatable bonds is 5. The topological polar surface area (TPSA) is 68.5 Å². The predicted octanol–water partition coefficient (Wildman–Crippen LogP) is 2.52. The molecule has 6 nitrogen and oxygen atoms in total. The lowest BCUT2D eigenvalue weighted by molar-refractivity contribution is -0.141. The molecule has 3 rings (SSSR count). The number of aryl methyl sites for hydroxylation is 1. The molecule has 1 aliphatic rings. The Labute approximate surface area is 147 Å². The van der Waals surface area contributed by atoms with Crippen LogP contribution in [0, 0.1) is 6.92 Å². The molecule has 0 fully saturated rings. The van der Waals surface area contributed by atoms with Gasteiger partial charge in [-0.25, -0.2) is 0 Å². The molecule has 138 valence electrons. The van der Waals surface area contributed by atoms with E-state index in [4.69, 9.17) is 4.84 Å². The van der Waals surface area contributed by atoms with Crippen LogP contribution in [-0.4, -0.2) is 34.0 Å². The predicted molar refractivity (Wildman–Crippen MR) is 87.4 cm³/mol. The zero-order valence-electron chi connectivity index (χ0n) is 14.0. The number of benzene rings is 1. The highest BCUT2D eigenvalue weighted by atomic mass is 19.4. The lowest BCUT2D eigenvalue weighted by atomic mass is 10.0. The molecule has 1 aromatic heterocycles. The van der Waals surface area contributed by atoms with Gasteiger partial charge in [0.1, 0.15) is 12.6 Å². The standard InChI is InChI=1S/C17H17F3N4O2/c1-11-2-4-12(5-3-11)14-8-13(26-23-14)9-21-16(25)10-24-7-6-15(22-24)17(18,19)20/h2-7,13H,8-10H2,1H3,(H,21,25). The van der Waals surface area contributed by atoms with Gasteiger partial charge in [0, 0.05) is 12.6 Å². The van der Waals surface area contributed by atoms with Crippen molar-refractivity contribution < 1.29 is 22.8 Å². The second-order valence-corrected chi connectivity index (χ2v) is 6.04. The molecule has 1 aliphatic heterocycles. The largest absolute Gasteiger partial charge is 0.435 e. The van der Waals surface area contributed by atoms with Gasteiger partial charge in [0.05, 0.1) is 12.3 Å². The fraction of sp³-hybridized carbons (Fsp3) is 0.353. The molecule has 2 heterocycles. The summed E-state index contributed by atoms with van der Waals surface area (Å²) in [6.07, 6.45) is -3.17. The third kappa shape index (κ3) is 4.41. The number of nitrogens with zero attached hydrogens (tertiary/aromatic N) is 3. The molecule has 9 heteroatoms. The van der Waals surface area contributed by atoms with E-state index >= 15 is 0 Å². The van der Waals surface area contributed by atoms with E-state index in [0.29, 0.717) is 6.42 Å². The first-order chi connectivity index (χ1) is 12.3. The zero-order chi connectivity index (χ0) is 18.7. The first-order valence-electron chi connectivity index (χ1n) is 7.98. The van der Waals surface area contributed by atoms with Gasteiger partial charge in [-0.1, -0.05) is 35.0 Å². The maximum Gasteiger partial charge on any atom is 0.435 e. The summed E-state index contributed by atoms with van der Waals surface area (Å²) in [5.41, 5.74) is 1.87. The summed E-state index contributed by atoms with van der Waals surface area (Å²) >= 11 is 0. The van der Waals surface area contributed by atoms with Crippen LogP contribution in [0.5, 0.6) is 0 Å². The van der Waals surface area contributed by atoms with Crippen LogP contribution < -0.4 is 5.32 Å². The molecule has 1 unspecified atom stereocenters. The minimum absolute atomic E-state index is 0.213. The molecule has 1 atom stereocenters. The van der Waals surface area contributed by atoms with Crippen molar-refractivity contribution in [2.24, 2.45) is 5.16 Å². The summed E-state index contributed by atoms with van der Waals surface area (Å²) in [6.45, 7) is 1.91. The third-order valence-corrected chi connectivity index (χ3v) is 3.88. The molecule has 2 aromatic rings. The third-order valence-electron chi connectivity index (χ3n) is 3.88. The molecule has 1 N–H and O–H groups in total. The molecule has 1 aromatic carbocycles. The first kappa shape index (κ1) is 18.0. The number of aromatic nitrogens is 2. The number of hydrogen-bond acceptors (Lipinski definition) is 4. The maximum atomic E-state index is 12.5. The number of halogens is 3. The van der Waals surface area contributed by atoms with Crippen molar-refractivity contribution in [2.45, 2.75) is 32.2 Å². The summed E-state index contributed by atoms with van der Waals surface area (Å²) < 4.78 is 38.4. The lowest BCUT2D eigenvalue weighted by Crippen LogP contribution is -2.34. The number of nitrogens with one attached hydrogen (secondary N) is 1. The number of amides is 1. The Bertz CT molecular complexity index is 812. The van der Waals surface area contributed by atoms with Gasteiger partial charge in [-0.2, -0.15) is 18.3 Å². The summed E-state index contributed by atoms with van der Waals surface area (Å²) in [4.78, 5) is 17.2. The van der Waals surface area contributed by atoms with Gasteiger partial charge in [-0.05, 0) is 18.6 Å². The van der Waals surface area contributed by atoms with Gasteiger partial charge >= 0.3 is 6.18 Å². The highest BCUT2D eigenvalue weighted by Crippen LogP contribution is 2.27. The number of alkyl halides is 3. The van der Waals surface area contributed by atoms with Gasteiger partial charge < -0.3 is 10.2 Å². The van der Waals surface area contributed by atoms with Gasteiger partial charge in [0.25, 0.3) is 0 Å². The normalized spacial score (nSPS) is 16.9. The van der Waals surface area contributed by atoms with Crippen LogP contribution in [0.3, 0.4) is 0 Å². The fourth-order valence-corrected chi connectivity index (χ4v) is 2.49. The first-order valence-corrected chi connectivity index (χ1v) is 7.98. The molecule has 1 amide bonds. The van der Waals surface area contributed by atoms with E-state index < -0.39 is 17.8 Å². The van der Waals surface area contributed by atoms with E-state index in [0.717, 1.165) is 33.8 Å². The Morgan fingerprint density at radius 3 is 2.69 bits per heavy atom. The molecule has 26 heavy (non-hydrogen) atoms. The van der Waals surface area contributed by atoms with Crippen LogP contribution in [0.4, 0.5) is 13.2 Å². The molecule has 0 saturated carbocycles. The quantitative estimate of drug-likeness (QED) is 0.884. The minimum atomic E-state index is -4.52. The van der Waals surface area contributed by atoms with E-state index in [1.807, 2.05) is 31.2 Å². The second-order valence-electron chi connectivity index (χ2n) is 6.04. The van der Waals surface area contributed by atoms with Crippen molar-refractivity contribution >= 4 is 11.6 Å². The van der Waals surface area contributed by atoms with Crippen LogP contribution in [0.1, 0.15) is 23.2 Å². The highest BCUT2D eigenvalue weighted by molar-refractivity contribution is 6.01. The Balaban J connectivity index is 1.46. The van der Waals surface area contributed by atoms with Crippen LogP contribution >= 0.6 is 0 Å². The molecular weight excluding hydrogens is 349 g/mol. The van der Waals surface area contributed by atoms with Gasteiger partial charge in [-0.3, -0.25) is 9.48 Å². The van der Waals surface area contributed by atoms with Crippen LogP contribution in [-0.2, 0) is 22.4 Å². The van der Waals surface area contributed by atoms with Crippen molar-refractivity contribution in [3.05, 3.63) is 53.3 Å². The Kier molecular flexibility index (Phi) is 4.97. The van der Waals surface area contributed by atoms with Gasteiger partial charge in [0.2, 0.25) is 5.91 Å². The molecule has 0 radical (unpaired) electrons. The summed E-state index contributed by atoms with van der Waals surface area (Å²) in [5.74, 6) is -0.450. The molecule has 0 bridgehead atoms. The highest BCUT2D eigenvalue weighted by Gasteiger charge is 2.33. The Morgan fingerprint density at radius 1 is 1.31 bits per heavy atom. The maximum absolute atomic E-state index is 12.5. The molecule has 0 saturated heterocycles. The molecule has 0 spiro atoms. The Hall–Kier alpha value is -2.84. The van der Waals surface area contributed by atoms with E-state index in [1.165, 1.54) is 0 Å². The van der Waals surface area contributed by atoms with Crippen molar-refractivity contribution in [2.75, 3.05) is 6.54 Å². The van der Waals surface area contributed by atoms with Crippen molar-refractivity contribution in [1.29, 1.82) is 0 Å². The second kappa shape index (κ2) is 7.19. The zero-order valence-corrected chi connectivity index (χ0v) is 14.0. The number of carbonyl (C=O) groups excluding carboxylic acids is 1. The lowest BCUT2D eigenvalue weighted by Gasteiger charge is -2.10. The van der Waals surface area contributed by atoms with Crippen molar-refractivity contribution in [1.82, 2.24) is 15.1 Å². The minimum Gasteiger partial charge on any atom is -0.390 e. The SMILES string of the molecule is Cc1ccc(C2=NOC(CNC(=O)Cn3ccc(C(F)(F)F)n3)C2)cc1.